The van der Waals surface area contributed by atoms with Crippen LogP contribution < -0.4 is 25.1 Å². The van der Waals surface area contributed by atoms with Gasteiger partial charge in [-0.15, -0.1) is 0 Å². The third kappa shape index (κ3) is 2.46. The van der Waals surface area contributed by atoms with Gasteiger partial charge < -0.3 is 29.5 Å². The fourth-order valence-electron chi connectivity index (χ4n) is 5.96. The van der Waals surface area contributed by atoms with Gasteiger partial charge >= 0.3 is 0 Å². The molecule has 0 aromatic heterocycles. The SMILES string of the molecule is COc1c(O)c2c(=O)cc(OC)c3c4c(OC)cc(=O)c5c(O)c(CO)c6c(c(c1CC(C)=C6)c23)c54. The maximum atomic E-state index is 13.3. The maximum Gasteiger partial charge on any atom is 0.194 e. The second kappa shape index (κ2) is 7.35. The van der Waals surface area contributed by atoms with Crippen molar-refractivity contribution in [2.45, 2.75) is 20.0 Å². The highest BCUT2D eigenvalue weighted by atomic mass is 16.5. The zero-order valence-electron chi connectivity index (χ0n) is 20.0. The lowest BCUT2D eigenvalue weighted by molar-refractivity contribution is 0.276. The van der Waals surface area contributed by atoms with Crippen LogP contribution in [0.3, 0.4) is 0 Å². The molecule has 6 rings (SSSR count). The van der Waals surface area contributed by atoms with Gasteiger partial charge in [0.1, 0.15) is 17.2 Å². The summed E-state index contributed by atoms with van der Waals surface area (Å²) in [7, 11) is 4.29. The first-order valence-electron chi connectivity index (χ1n) is 11.3. The Morgan fingerprint density at radius 2 is 1.31 bits per heavy atom. The van der Waals surface area contributed by atoms with E-state index in [0.717, 1.165) is 5.57 Å². The lowest BCUT2D eigenvalue weighted by Crippen LogP contribution is -2.10. The summed E-state index contributed by atoms with van der Waals surface area (Å²) >= 11 is 0. The molecular weight excluding hydrogens is 464 g/mol. The Morgan fingerprint density at radius 1 is 0.750 bits per heavy atom. The number of rotatable bonds is 4. The van der Waals surface area contributed by atoms with Crippen molar-refractivity contribution < 1.29 is 29.5 Å². The second-order valence-corrected chi connectivity index (χ2v) is 9.08. The average molecular weight is 486 g/mol. The van der Waals surface area contributed by atoms with Crippen LogP contribution in [-0.2, 0) is 13.0 Å². The number of aliphatic hydroxyl groups is 1. The Balaban J connectivity index is 2.20. The molecule has 36 heavy (non-hydrogen) atoms. The molecule has 0 fully saturated rings. The van der Waals surface area contributed by atoms with E-state index in [2.05, 4.69) is 0 Å². The minimum Gasteiger partial charge on any atom is -0.507 e. The largest absolute Gasteiger partial charge is 0.507 e. The van der Waals surface area contributed by atoms with Crippen LogP contribution in [0.25, 0.3) is 49.2 Å². The third-order valence-electron chi connectivity index (χ3n) is 7.30. The number of allylic oxidation sites excluding steroid dienone is 1. The van der Waals surface area contributed by atoms with Gasteiger partial charge in [0.25, 0.3) is 0 Å². The van der Waals surface area contributed by atoms with Crippen molar-refractivity contribution in [3.8, 4) is 28.7 Å². The van der Waals surface area contributed by atoms with Crippen molar-refractivity contribution in [1.29, 1.82) is 0 Å². The third-order valence-corrected chi connectivity index (χ3v) is 7.30. The van der Waals surface area contributed by atoms with Crippen molar-refractivity contribution in [3.05, 3.63) is 54.8 Å². The molecule has 1 aliphatic rings. The molecule has 1 aliphatic carbocycles. The van der Waals surface area contributed by atoms with E-state index in [1.807, 2.05) is 13.0 Å². The summed E-state index contributed by atoms with van der Waals surface area (Å²) in [6.45, 7) is 1.37. The lowest BCUT2D eigenvalue weighted by Gasteiger charge is -2.23. The summed E-state index contributed by atoms with van der Waals surface area (Å²) < 4.78 is 16.9. The quantitative estimate of drug-likeness (QED) is 0.259. The Kier molecular flexibility index (Phi) is 4.53. The molecule has 3 N–H and O–H groups in total. The summed E-state index contributed by atoms with van der Waals surface area (Å²) in [5.41, 5.74) is 1.29. The molecule has 0 spiro atoms. The molecule has 0 amide bonds. The zero-order chi connectivity index (χ0) is 25.6. The first kappa shape index (κ1) is 22.2. The topological polar surface area (TPSA) is 123 Å². The van der Waals surface area contributed by atoms with Gasteiger partial charge in [-0.25, -0.2) is 0 Å². The van der Waals surface area contributed by atoms with E-state index in [1.165, 1.54) is 33.5 Å². The van der Waals surface area contributed by atoms with Gasteiger partial charge in [-0.05, 0) is 29.7 Å². The maximum absolute atomic E-state index is 13.3. The molecule has 0 aliphatic heterocycles. The van der Waals surface area contributed by atoms with E-state index in [-0.39, 0.29) is 45.1 Å². The highest BCUT2D eigenvalue weighted by Gasteiger charge is 2.32. The van der Waals surface area contributed by atoms with Crippen LogP contribution in [0.1, 0.15) is 23.6 Å². The number of phenolic OH excluding ortho intramolecular Hbond substituents is 1. The van der Waals surface area contributed by atoms with E-state index in [9.17, 15) is 24.9 Å². The van der Waals surface area contributed by atoms with E-state index in [0.29, 0.717) is 49.9 Å². The van der Waals surface area contributed by atoms with Gasteiger partial charge in [0, 0.05) is 44.8 Å². The van der Waals surface area contributed by atoms with Crippen LogP contribution in [-0.4, -0.2) is 36.6 Å². The number of hydrogen-bond donors (Lipinski definition) is 3. The van der Waals surface area contributed by atoms with E-state index in [4.69, 9.17) is 14.2 Å². The fourth-order valence-corrected chi connectivity index (χ4v) is 5.96. The van der Waals surface area contributed by atoms with E-state index < -0.39 is 17.5 Å². The fraction of sp³-hybridized carbons (Fsp3) is 0.214. The molecule has 0 saturated heterocycles. The highest BCUT2D eigenvalue weighted by molar-refractivity contribution is 6.39. The van der Waals surface area contributed by atoms with Gasteiger partial charge in [-0.2, -0.15) is 0 Å². The molecule has 0 heterocycles. The van der Waals surface area contributed by atoms with Gasteiger partial charge in [-0.3, -0.25) is 9.59 Å². The molecule has 0 bridgehead atoms. The van der Waals surface area contributed by atoms with Crippen molar-refractivity contribution in [2.24, 2.45) is 0 Å². The van der Waals surface area contributed by atoms with Crippen LogP contribution in [0.4, 0.5) is 0 Å². The molecule has 8 heteroatoms. The van der Waals surface area contributed by atoms with Crippen LogP contribution in [0, 0.1) is 0 Å². The second-order valence-electron chi connectivity index (χ2n) is 9.08. The first-order valence-corrected chi connectivity index (χ1v) is 11.3. The van der Waals surface area contributed by atoms with Crippen LogP contribution in [0.15, 0.2) is 27.3 Å². The Hall–Kier alpha value is -4.30. The standard InChI is InChI=1S/C28H22O8/c1-10-5-11-13(9-29)26(32)20-14(30)7-16(34-2)22-23-17(35-3)8-15(31)21-25(23)19(18(11)24(20)22)12(6-10)28(36-4)27(21)33/h5,7-8,29,32-33H,6,9H2,1-4H3. The van der Waals surface area contributed by atoms with Gasteiger partial charge in [0.05, 0.1) is 38.7 Å². The average Bonchev–Trinajstić information content (AvgIpc) is 3.00. The molecule has 182 valence electrons. The van der Waals surface area contributed by atoms with Crippen LogP contribution >= 0.6 is 0 Å². The molecule has 5 aromatic rings. The molecule has 5 aromatic carbocycles. The number of methoxy groups -OCH3 is 3. The number of aliphatic hydroxyl groups excluding tert-OH is 1. The van der Waals surface area contributed by atoms with Crippen molar-refractivity contribution in [3.63, 3.8) is 0 Å². The molecule has 8 nitrogen and oxygen atoms in total. The molecular formula is C28H22O8. The molecule has 0 radical (unpaired) electrons. The Bertz CT molecular complexity index is 1920. The molecule has 0 atom stereocenters. The van der Waals surface area contributed by atoms with Crippen LogP contribution in [0.5, 0.6) is 28.7 Å². The highest BCUT2D eigenvalue weighted by Crippen LogP contribution is 2.55. The number of aromatic hydroxyl groups is 2. The zero-order valence-corrected chi connectivity index (χ0v) is 20.0. The van der Waals surface area contributed by atoms with Gasteiger partial charge in [0.2, 0.25) is 0 Å². The first-order chi connectivity index (χ1) is 17.3. The van der Waals surface area contributed by atoms with Gasteiger partial charge in [-0.1, -0.05) is 11.6 Å². The summed E-state index contributed by atoms with van der Waals surface area (Å²) in [4.78, 5) is 26.6. The minimum atomic E-state index is -0.514. The molecule has 0 unspecified atom stereocenters. The number of phenols is 2. The Labute approximate surface area is 203 Å². The van der Waals surface area contributed by atoms with Crippen LogP contribution in [0.2, 0.25) is 0 Å². The smallest absolute Gasteiger partial charge is 0.194 e. The predicted molar refractivity (Wildman–Crippen MR) is 138 cm³/mol. The number of ether oxygens (including phenoxy) is 3. The summed E-state index contributed by atoms with van der Waals surface area (Å²) in [5.74, 6) is 0.0434. The molecule has 0 saturated carbocycles. The van der Waals surface area contributed by atoms with Gasteiger partial charge in [0.15, 0.2) is 22.4 Å². The summed E-state index contributed by atoms with van der Waals surface area (Å²) in [5, 5.41) is 35.9. The normalized spacial score (nSPS) is 13.2. The Morgan fingerprint density at radius 3 is 1.83 bits per heavy atom. The van der Waals surface area contributed by atoms with Crippen molar-refractivity contribution in [1.82, 2.24) is 0 Å². The van der Waals surface area contributed by atoms with Crippen molar-refractivity contribution in [2.75, 3.05) is 21.3 Å². The summed E-state index contributed by atoms with van der Waals surface area (Å²) in [6, 6.07) is 2.56. The minimum absolute atomic E-state index is 0.0339. The summed E-state index contributed by atoms with van der Waals surface area (Å²) in [6.07, 6.45) is 2.21. The van der Waals surface area contributed by atoms with E-state index >= 15 is 0 Å². The monoisotopic (exact) mass is 486 g/mol. The number of fused-ring (bicyclic) bond motifs is 1. The van der Waals surface area contributed by atoms with E-state index in [1.54, 1.807) is 0 Å². The van der Waals surface area contributed by atoms with Crippen molar-refractivity contribution >= 4 is 49.2 Å². The number of benzene rings is 5. The number of hydrogen-bond acceptors (Lipinski definition) is 8. The predicted octanol–water partition coefficient (Wildman–Crippen LogP) is 3.78. The lowest BCUT2D eigenvalue weighted by atomic mass is 9.83.